The van der Waals surface area contributed by atoms with E-state index in [-0.39, 0.29) is 12.3 Å². The molecule has 1 aliphatic heterocycles. The summed E-state index contributed by atoms with van der Waals surface area (Å²) in [5, 5.41) is 19.2. The van der Waals surface area contributed by atoms with Gasteiger partial charge in [-0.05, 0) is 12.3 Å². The molecule has 1 fully saturated rings. The number of furan rings is 1. The fourth-order valence-electron chi connectivity index (χ4n) is 3.10. The number of carbonyl (C=O) groups is 1. The molecule has 4 heterocycles. The van der Waals surface area contributed by atoms with Gasteiger partial charge in [0.25, 0.3) is 5.91 Å². The number of thioether (sulfide) groups is 1. The Hall–Kier alpha value is -3.19. The first-order valence-corrected chi connectivity index (χ1v) is 10.4. The maximum absolute atomic E-state index is 12.1. The highest BCUT2D eigenvalue weighted by Crippen LogP contribution is 2.27. The Balaban J connectivity index is 1.48. The van der Waals surface area contributed by atoms with E-state index in [9.17, 15) is 14.9 Å². The van der Waals surface area contributed by atoms with Crippen LogP contribution in [0.25, 0.3) is 11.0 Å². The highest BCUT2D eigenvalue weighted by atomic mass is 32.2. The van der Waals surface area contributed by atoms with Crippen LogP contribution >= 0.6 is 11.8 Å². The van der Waals surface area contributed by atoms with Crippen LogP contribution in [0.5, 0.6) is 0 Å². The summed E-state index contributed by atoms with van der Waals surface area (Å²) in [4.78, 5) is 33.5. The molecule has 158 valence electrons. The number of morpholine rings is 1. The molecule has 0 atom stereocenters. The van der Waals surface area contributed by atoms with Crippen LogP contribution in [0, 0.1) is 10.1 Å². The Morgan fingerprint density at radius 3 is 2.83 bits per heavy atom. The van der Waals surface area contributed by atoms with Crippen molar-refractivity contribution < 1.29 is 18.9 Å². The summed E-state index contributed by atoms with van der Waals surface area (Å²) in [6.07, 6.45) is 3.63. The Bertz CT molecular complexity index is 1080. The number of hydrogen-bond acceptors (Lipinski definition) is 10. The van der Waals surface area contributed by atoms with Crippen molar-refractivity contribution in [3.05, 3.63) is 34.2 Å². The quantitative estimate of drug-likeness (QED) is 0.251. The third kappa shape index (κ3) is 4.07. The lowest BCUT2D eigenvalue weighted by molar-refractivity contribution is -0.402. The monoisotopic (exact) mass is 433 g/mol. The Morgan fingerprint density at radius 2 is 2.13 bits per heavy atom. The number of anilines is 1. The van der Waals surface area contributed by atoms with Gasteiger partial charge in [-0.2, -0.15) is 5.10 Å². The van der Waals surface area contributed by atoms with Gasteiger partial charge in [0, 0.05) is 19.6 Å². The van der Waals surface area contributed by atoms with Gasteiger partial charge < -0.3 is 19.4 Å². The van der Waals surface area contributed by atoms with Crippen LogP contribution in [0.15, 0.2) is 27.9 Å². The largest absolute Gasteiger partial charge is 0.433 e. The summed E-state index contributed by atoms with van der Waals surface area (Å²) in [6, 6.07) is 2.41. The second kappa shape index (κ2) is 8.67. The number of ether oxygens (including phenoxy) is 1. The van der Waals surface area contributed by atoms with Crippen LogP contribution < -0.4 is 10.2 Å². The molecular weight excluding hydrogens is 414 g/mol. The average molecular weight is 433 g/mol. The molecule has 0 radical (unpaired) electrons. The molecule has 12 nitrogen and oxygen atoms in total. The zero-order valence-corrected chi connectivity index (χ0v) is 16.9. The lowest BCUT2D eigenvalue weighted by Crippen LogP contribution is -2.37. The number of aromatic nitrogens is 4. The topological polar surface area (TPSA) is 141 Å². The number of rotatable bonds is 7. The number of fused-ring (bicyclic) bond motifs is 1. The van der Waals surface area contributed by atoms with Crippen LogP contribution in [0.2, 0.25) is 0 Å². The molecule has 0 unspecified atom stereocenters. The standard InChI is InChI=1S/C17H19N7O5S/c1-30-17-20-14(22-6-8-28-9-7-22)11-10-19-23(15(11)21-17)5-4-18-16(25)12-2-3-13(29-12)24(26)27/h2-3,10H,4-9H2,1H3,(H,18,25). The van der Waals surface area contributed by atoms with E-state index in [4.69, 9.17) is 9.15 Å². The maximum atomic E-state index is 12.1. The fourth-order valence-corrected chi connectivity index (χ4v) is 3.46. The molecule has 1 aliphatic rings. The molecule has 0 spiro atoms. The molecule has 1 amide bonds. The Morgan fingerprint density at radius 1 is 1.33 bits per heavy atom. The molecule has 3 aromatic rings. The smallest absolute Gasteiger partial charge is 0.395 e. The first-order valence-electron chi connectivity index (χ1n) is 9.19. The molecule has 0 saturated carbocycles. The molecule has 0 aliphatic carbocycles. The zero-order valence-electron chi connectivity index (χ0n) is 16.1. The molecular formula is C17H19N7O5S. The Labute approximate surface area is 174 Å². The Kier molecular flexibility index (Phi) is 5.81. The van der Waals surface area contributed by atoms with Crippen molar-refractivity contribution in [3.8, 4) is 0 Å². The van der Waals surface area contributed by atoms with Crippen LogP contribution in [-0.4, -0.2) is 69.7 Å². The van der Waals surface area contributed by atoms with E-state index in [0.717, 1.165) is 30.4 Å². The van der Waals surface area contributed by atoms with Crippen LogP contribution in [-0.2, 0) is 11.3 Å². The van der Waals surface area contributed by atoms with Crippen molar-refractivity contribution in [2.24, 2.45) is 0 Å². The van der Waals surface area contributed by atoms with Gasteiger partial charge in [-0.15, -0.1) is 0 Å². The summed E-state index contributed by atoms with van der Waals surface area (Å²) in [5.41, 5.74) is 0.679. The second-order valence-electron chi connectivity index (χ2n) is 6.39. The number of nitrogens with one attached hydrogen (secondary N) is 1. The normalized spacial score (nSPS) is 14.2. The summed E-state index contributed by atoms with van der Waals surface area (Å²) in [6.45, 7) is 3.39. The number of nitrogens with zero attached hydrogens (tertiary/aromatic N) is 6. The molecule has 1 N–H and O–H groups in total. The summed E-state index contributed by atoms with van der Waals surface area (Å²) in [7, 11) is 0. The fraction of sp³-hybridized carbons (Fsp3) is 0.412. The SMILES string of the molecule is CSc1nc(N2CCOCC2)c2cnn(CCNC(=O)c3ccc([N+](=O)[O-])o3)c2n1. The third-order valence-electron chi connectivity index (χ3n) is 4.55. The number of hydrogen-bond donors (Lipinski definition) is 1. The predicted molar refractivity (Wildman–Crippen MR) is 108 cm³/mol. The second-order valence-corrected chi connectivity index (χ2v) is 7.16. The molecule has 3 aromatic heterocycles. The highest BCUT2D eigenvalue weighted by Gasteiger charge is 2.20. The zero-order chi connectivity index (χ0) is 21.1. The van der Waals surface area contributed by atoms with E-state index in [0.29, 0.717) is 30.6 Å². The molecule has 30 heavy (non-hydrogen) atoms. The van der Waals surface area contributed by atoms with Crippen molar-refractivity contribution in [2.75, 3.05) is 44.0 Å². The van der Waals surface area contributed by atoms with E-state index in [1.165, 1.54) is 17.8 Å². The lowest BCUT2D eigenvalue weighted by atomic mass is 10.3. The third-order valence-corrected chi connectivity index (χ3v) is 5.10. The summed E-state index contributed by atoms with van der Waals surface area (Å²) < 4.78 is 12.0. The molecule has 13 heteroatoms. The lowest BCUT2D eigenvalue weighted by Gasteiger charge is -2.28. The van der Waals surface area contributed by atoms with Crippen molar-refractivity contribution in [3.63, 3.8) is 0 Å². The van der Waals surface area contributed by atoms with Gasteiger partial charge >= 0.3 is 5.88 Å². The van der Waals surface area contributed by atoms with E-state index in [1.54, 1.807) is 10.9 Å². The van der Waals surface area contributed by atoms with E-state index in [1.807, 2.05) is 6.26 Å². The van der Waals surface area contributed by atoms with Crippen molar-refractivity contribution in [2.45, 2.75) is 11.7 Å². The minimum absolute atomic E-state index is 0.117. The first kappa shape index (κ1) is 20.1. The molecule has 0 bridgehead atoms. The summed E-state index contributed by atoms with van der Waals surface area (Å²) in [5.74, 6) is -0.303. The molecule has 0 aromatic carbocycles. The van der Waals surface area contributed by atoms with Crippen molar-refractivity contribution in [1.82, 2.24) is 25.1 Å². The van der Waals surface area contributed by atoms with Gasteiger partial charge in [0.2, 0.25) is 0 Å². The van der Waals surface area contributed by atoms with Gasteiger partial charge in [-0.3, -0.25) is 14.9 Å². The van der Waals surface area contributed by atoms with Gasteiger partial charge in [-0.1, -0.05) is 11.8 Å². The van der Waals surface area contributed by atoms with E-state index < -0.39 is 16.7 Å². The molecule has 1 saturated heterocycles. The van der Waals surface area contributed by atoms with Crippen LogP contribution in [0.3, 0.4) is 0 Å². The van der Waals surface area contributed by atoms with Gasteiger partial charge in [0.15, 0.2) is 16.6 Å². The predicted octanol–water partition coefficient (Wildman–Crippen LogP) is 1.32. The van der Waals surface area contributed by atoms with Gasteiger partial charge in [0.1, 0.15) is 10.7 Å². The number of carbonyl (C=O) groups excluding carboxylic acids is 1. The minimum atomic E-state index is -0.693. The van der Waals surface area contributed by atoms with E-state index >= 15 is 0 Å². The molecule has 4 rings (SSSR count). The van der Waals surface area contributed by atoms with Crippen molar-refractivity contribution in [1.29, 1.82) is 0 Å². The summed E-state index contributed by atoms with van der Waals surface area (Å²) >= 11 is 1.45. The number of amides is 1. The van der Waals surface area contributed by atoms with Crippen LogP contribution in [0.4, 0.5) is 11.7 Å². The first-order chi connectivity index (χ1) is 14.6. The highest BCUT2D eigenvalue weighted by molar-refractivity contribution is 7.98. The average Bonchev–Trinajstić information content (AvgIpc) is 3.41. The van der Waals surface area contributed by atoms with Gasteiger partial charge in [0.05, 0.1) is 37.4 Å². The number of nitro groups is 1. The van der Waals surface area contributed by atoms with Gasteiger partial charge in [-0.25, -0.2) is 14.6 Å². The van der Waals surface area contributed by atoms with Crippen molar-refractivity contribution >= 4 is 40.4 Å². The van der Waals surface area contributed by atoms with E-state index in [2.05, 4.69) is 25.3 Å². The van der Waals surface area contributed by atoms with Crippen LogP contribution in [0.1, 0.15) is 10.6 Å². The minimum Gasteiger partial charge on any atom is -0.395 e. The maximum Gasteiger partial charge on any atom is 0.433 e.